The molecule has 3 N–H and O–H groups in total. The molecule has 210 valence electrons. The third-order valence-electron chi connectivity index (χ3n) is 6.39. The number of likely N-dealkylation sites (tertiary alicyclic amines) is 1. The lowest BCUT2D eigenvalue weighted by Gasteiger charge is -2.36. The van der Waals surface area contributed by atoms with Crippen LogP contribution in [-0.2, 0) is 24.3 Å². The maximum absolute atomic E-state index is 13.8. The number of imidazole rings is 1. The predicted molar refractivity (Wildman–Crippen MR) is 144 cm³/mol. The Bertz CT molecular complexity index is 1380. The Kier molecular flexibility index (Phi) is 9.36. The van der Waals surface area contributed by atoms with Crippen molar-refractivity contribution >= 4 is 38.9 Å². The Balaban J connectivity index is 1.57. The molecule has 0 radical (unpaired) electrons. The van der Waals surface area contributed by atoms with Crippen molar-refractivity contribution in [3.05, 3.63) is 48.4 Å². The fraction of sp³-hybridized carbons (Fsp3) is 0.462. The molecule has 3 aromatic rings. The number of fused-ring (bicyclic) bond motifs is 1. The molecular weight excluding hydrogens is 524 g/mol. The molecule has 0 bridgehead atoms. The average molecular weight is 559 g/mol. The van der Waals surface area contributed by atoms with Crippen LogP contribution in [0.3, 0.4) is 0 Å². The molecule has 3 heterocycles. The number of aryl methyl sites for hydroxylation is 1. The van der Waals surface area contributed by atoms with Crippen molar-refractivity contribution in [1.82, 2.24) is 24.6 Å². The molecule has 1 amide bonds. The Labute approximate surface area is 227 Å². The fourth-order valence-corrected chi connectivity index (χ4v) is 5.93. The molecule has 39 heavy (non-hydrogen) atoms. The number of para-hydroxylation sites is 1. The molecule has 1 aliphatic heterocycles. The van der Waals surface area contributed by atoms with E-state index in [1.54, 1.807) is 38.4 Å². The summed E-state index contributed by atoms with van der Waals surface area (Å²) in [5.74, 6) is 0.115. The van der Waals surface area contributed by atoms with Crippen LogP contribution in [0.1, 0.15) is 44.7 Å². The number of amides is 1. The number of carbonyl (C=O) groups is 2. The number of rotatable bonds is 11. The first-order valence-corrected chi connectivity index (χ1v) is 14.5. The monoisotopic (exact) mass is 558 g/mol. The second-order valence-corrected chi connectivity index (χ2v) is 10.9. The molecule has 1 aromatic carbocycles. The fourth-order valence-electron chi connectivity index (χ4n) is 4.53. The van der Waals surface area contributed by atoms with Gasteiger partial charge < -0.3 is 24.7 Å². The zero-order valence-corrected chi connectivity index (χ0v) is 22.9. The van der Waals surface area contributed by atoms with Crippen molar-refractivity contribution in [2.45, 2.75) is 63.1 Å². The van der Waals surface area contributed by atoms with Gasteiger partial charge in [-0.2, -0.15) is 4.72 Å². The van der Waals surface area contributed by atoms with E-state index < -0.39 is 34.4 Å². The quantitative estimate of drug-likeness (QED) is 0.237. The maximum Gasteiger partial charge on any atom is 0.510 e. The molecule has 1 saturated heterocycles. The summed E-state index contributed by atoms with van der Waals surface area (Å²) < 4.78 is 40.3. The summed E-state index contributed by atoms with van der Waals surface area (Å²) in [6, 6.07) is 7.43. The van der Waals surface area contributed by atoms with E-state index in [0.717, 1.165) is 6.42 Å². The molecule has 2 atom stereocenters. The number of pyridine rings is 1. The van der Waals surface area contributed by atoms with Gasteiger partial charge in [-0.05, 0) is 51.7 Å². The first-order chi connectivity index (χ1) is 18.8. The van der Waals surface area contributed by atoms with Crippen LogP contribution < -0.4 is 10.0 Å². The summed E-state index contributed by atoms with van der Waals surface area (Å²) in [7, 11) is -4.15. The van der Waals surface area contributed by atoms with Crippen LogP contribution in [0.4, 0.5) is 10.7 Å². The lowest BCUT2D eigenvalue weighted by molar-refractivity contribution is -0.148. The van der Waals surface area contributed by atoms with Crippen LogP contribution in [0.25, 0.3) is 10.9 Å². The first-order valence-electron chi connectivity index (χ1n) is 13.0. The van der Waals surface area contributed by atoms with E-state index in [1.165, 1.54) is 11.0 Å². The largest absolute Gasteiger partial charge is 0.510 e. The summed E-state index contributed by atoms with van der Waals surface area (Å²) in [5.41, 5.74) is 1.01. The topological polar surface area (TPSA) is 156 Å². The number of carbonyl (C=O) groups excluding carboxylic acids is 2. The standard InChI is InChI=1S/C26H34N6O6S/c1-3-37-26(34)38-22-11-4-5-17-32(22)24(33)20(9-7-14-27-25-28-15-16-29-25)31-39(35,36)21-10-6-8-19-13-12-18(2)30-23(19)21/h6,8,10,12-13,15-16,20,22,31H,3-5,7,9,11,14,17H2,1-2H3,(H2,27,28,29)/t20-,22+/m0/s1. The molecule has 13 heteroatoms. The number of benzene rings is 1. The number of nitrogens with one attached hydrogen (secondary N) is 3. The third-order valence-corrected chi connectivity index (χ3v) is 7.90. The van der Waals surface area contributed by atoms with E-state index in [2.05, 4.69) is 25.0 Å². The van der Waals surface area contributed by atoms with Gasteiger partial charge in [-0.25, -0.2) is 18.2 Å². The Morgan fingerprint density at radius 3 is 2.85 bits per heavy atom. The molecule has 1 aliphatic rings. The SMILES string of the molecule is CCOC(=O)O[C@@H]1CCCCN1C(=O)[C@H](CCCNc1ncc[nH]1)NS(=O)(=O)c1cccc2ccc(C)nc12. The highest BCUT2D eigenvalue weighted by molar-refractivity contribution is 7.89. The zero-order valence-electron chi connectivity index (χ0n) is 22.1. The van der Waals surface area contributed by atoms with Gasteiger partial charge >= 0.3 is 6.16 Å². The van der Waals surface area contributed by atoms with Crippen LogP contribution in [0.15, 0.2) is 47.6 Å². The smallest absolute Gasteiger partial charge is 0.435 e. The second kappa shape index (κ2) is 12.9. The van der Waals surface area contributed by atoms with Gasteiger partial charge in [0, 0.05) is 43.0 Å². The number of H-pyrrole nitrogens is 1. The van der Waals surface area contributed by atoms with E-state index in [1.807, 2.05) is 12.1 Å². The third kappa shape index (κ3) is 7.24. The maximum atomic E-state index is 13.8. The van der Waals surface area contributed by atoms with Crippen molar-refractivity contribution in [1.29, 1.82) is 0 Å². The highest BCUT2D eigenvalue weighted by Gasteiger charge is 2.36. The van der Waals surface area contributed by atoms with Crippen LogP contribution in [-0.4, -0.2) is 72.3 Å². The number of hydrogen-bond acceptors (Lipinski definition) is 9. The highest BCUT2D eigenvalue weighted by Crippen LogP contribution is 2.24. The molecule has 12 nitrogen and oxygen atoms in total. The number of ether oxygens (including phenoxy) is 2. The molecule has 4 rings (SSSR count). The summed E-state index contributed by atoms with van der Waals surface area (Å²) in [5, 5.41) is 3.78. The number of anilines is 1. The van der Waals surface area contributed by atoms with E-state index in [4.69, 9.17) is 9.47 Å². The summed E-state index contributed by atoms with van der Waals surface area (Å²) in [6.07, 6.45) is 4.18. The van der Waals surface area contributed by atoms with Crippen LogP contribution in [0, 0.1) is 6.92 Å². The summed E-state index contributed by atoms with van der Waals surface area (Å²) >= 11 is 0. The Morgan fingerprint density at radius 1 is 1.23 bits per heavy atom. The van der Waals surface area contributed by atoms with Crippen molar-refractivity contribution in [2.75, 3.05) is 25.0 Å². The van der Waals surface area contributed by atoms with Gasteiger partial charge in [0.15, 0.2) is 12.2 Å². The predicted octanol–water partition coefficient (Wildman–Crippen LogP) is 3.32. The molecule has 0 spiro atoms. The molecular formula is C26H34N6O6S. The first kappa shape index (κ1) is 28.3. The van der Waals surface area contributed by atoms with E-state index in [0.29, 0.717) is 54.9 Å². The molecule has 2 aromatic heterocycles. The number of aromatic amines is 1. The number of piperidine rings is 1. The second-order valence-electron chi connectivity index (χ2n) is 9.24. The lowest BCUT2D eigenvalue weighted by atomic mass is 10.1. The van der Waals surface area contributed by atoms with Gasteiger partial charge in [-0.3, -0.25) is 9.78 Å². The summed E-state index contributed by atoms with van der Waals surface area (Å²) in [4.78, 5) is 38.7. The molecule has 0 aliphatic carbocycles. The normalized spacial score (nSPS) is 16.6. The van der Waals surface area contributed by atoms with Gasteiger partial charge in [-0.15, -0.1) is 0 Å². The van der Waals surface area contributed by atoms with Crippen molar-refractivity contribution in [3.8, 4) is 0 Å². The van der Waals surface area contributed by atoms with Gasteiger partial charge in [-0.1, -0.05) is 18.2 Å². The van der Waals surface area contributed by atoms with Gasteiger partial charge in [0.05, 0.1) is 12.1 Å². The van der Waals surface area contributed by atoms with E-state index in [9.17, 15) is 18.0 Å². The van der Waals surface area contributed by atoms with Gasteiger partial charge in [0.25, 0.3) is 0 Å². The minimum absolute atomic E-state index is 0.00632. The Morgan fingerprint density at radius 2 is 2.08 bits per heavy atom. The number of hydrogen-bond donors (Lipinski definition) is 3. The number of nitrogens with zero attached hydrogens (tertiary/aromatic N) is 3. The minimum atomic E-state index is -4.15. The van der Waals surface area contributed by atoms with Gasteiger partial charge in [0.1, 0.15) is 10.9 Å². The number of sulfonamides is 1. The lowest BCUT2D eigenvalue weighted by Crippen LogP contribution is -2.54. The molecule has 0 saturated carbocycles. The minimum Gasteiger partial charge on any atom is -0.435 e. The molecule has 1 fully saturated rings. The van der Waals surface area contributed by atoms with Crippen molar-refractivity contribution in [3.63, 3.8) is 0 Å². The highest BCUT2D eigenvalue weighted by atomic mass is 32.2. The van der Waals surface area contributed by atoms with Crippen molar-refractivity contribution in [2.24, 2.45) is 0 Å². The average Bonchev–Trinajstić information content (AvgIpc) is 3.43. The van der Waals surface area contributed by atoms with Crippen LogP contribution in [0.2, 0.25) is 0 Å². The van der Waals surface area contributed by atoms with E-state index >= 15 is 0 Å². The zero-order chi connectivity index (χ0) is 27.8. The van der Waals surface area contributed by atoms with Crippen LogP contribution >= 0.6 is 0 Å². The number of aromatic nitrogens is 3. The van der Waals surface area contributed by atoms with Gasteiger partial charge in [0.2, 0.25) is 15.9 Å². The van der Waals surface area contributed by atoms with Crippen LogP contribution in [0.5, 0.6) is 0 Å². The summed E-state index contributed by atoms with van der Waals surface area (Å²) in [6.45, 7) is 4.38. The van der Waals surface area contributed by atoms with Crippen molar-refractivity contribution < 1.29 is 27.5 Å². The van der Waals surface area contributed by atoms with E-state index in [-0.39, 0.29) is 17.9 Å². The molecule has 0 unspecified atom stereocenters. The Hall–Kier alpha value is -3.71.